The average Bonchev–Trinajstić information content (AvgIpc) is 2.81. The number of carbonyl (C=O) groups is 1. The Morgan fingerprint density at radius 1 is 1.58 bits per heavy atom. The van der Waals surface area contributed by atoms with Gasteiger partial charge in [0.2, 0.25) is 5.88 Å². The van der Waals surface area contributed by atoms with E-state index in [9.17, 15) is 18.0 Å². The van der Waals surface area contributed by atoms with E-state index in [4.69, 9.17) is 2.74 Å². The van der Waals surface area contributed by atoms with E-state index in [1.54, 1.807) is 0 Å². The Morgan fingerprint density at radius 2 is 2.32 bits per heavy atom. The zero-order chi connectivity index (χ0) is 15.8. The third-order valence-corrected chi connectivity index (χ3v) is 2.18. The first-order valence-corrected chi connectivity index (χ1v) is 4.97. The number of methoxy groups -OCH3 is 1. The van der Waals surface area contributed by atoms with Gasteiger partial charge in [-0.05, 0) is 12.1 Å². The predicted molar refractivity (Wildman–Crippen MR) is 59.0 cm³/mol. The van der Waals surface area contributed by atoms with Gasteiger partial charge in [0.15, 0.2) is 6.56 Å². The fraction of sp³-hybridized carbons (Fsp3) is 0.273. The van der Waals surface area contributed by atoms with Crippen molar-refractivity contribution in [1.82, 2.24) is 9.97 Å². The van der Waals surface area contributed by atoms with Crippen molar-refractivity contribution in [2.75, 3.05) is 13.7 Å². The molecule has 8 heteroatoms. The summed E-state index contributed by atoms with van der Waals surface area (Å²) in [5.74, 6) is -1.31. The fourth-order valence-corrected chi connectivity index (χ4v) is 1.44. The van der Waals surface area contributed by atoms with Gasteiger partial charge >= 0.3 is 12.1 Å². The summed E-state index contributed by atoms with van der Waals surface area (Å²) in [7, 11) is 1.14. The van der Waals surface area contributed by atoms with Crippen LogP contribution in [0.25, 0.3) is 10.9 Å². The second-order valence-corrected chi connectivity index (χ2v) is 3.45. The first kappa shape index (κ1) is 10.7. The van der Waals surface area contributed by atoms with E-state index in [0.29, 0.717) is 0 Å². The molecule has 0 radical (unpaired) electrons. The molecule has 0 aromatic carbocycles. The van der Waals surface area contributed by atoms with Crippen molar-refractivity contribution in [2.45, 2.75) is 6.18 Å². The third-order valence-electron chi connectivity index (χ3n) is 2.18. The second kappa shape index (κ2) is 4.79. The maximum absolute atomic E-state index is 12.5. The van der Waals surface area contributed by atoms with Crippen LogP contribution in [0.3, 0.4) is 0 Å². The first-order chi connectivity index (χ1) is 9.65. The van der Waals surface area contributed by atoms with Crippen LogP contribution in [0, 0.1) is 0 Å². The summed E-state index contributed by atoms with van der Waals surface area (Å²) in [6.07, 6.45) is -4.10. The lowest BCUT2D eigenvalue weighted by atomic mass is 10.3. The van der Waals surface area contributed by atoms with Crippen LogP contribution in [0.2, 0.25) is 0 Å². The van der Waals surface area contributed by atoms with Gasteiger partial charge in [0.25, 0.3) is 0 Å². The van der Waals surface area contributed by atoms with Gasteiger partial charge in [0, 0.05) is 6.20 Å². The summed E-state index contributed by atoms with van der Waals surface area (Å²) in [5, 5.41) is 0.0334. The van der Waals surface area contributed by atoms with Gasteiger partial charge in [-0.15, -0.1) is 0 Å². The molecule has 0 aliphatic rings. The first-order valence-electron chi connectivity index (χ1n) is 5.97. The standard InChI is InChI=1S/C11H9F3N2O3/c1-18-10(17)8-4-6-7(16-8)2-3-15-9(6)19-5-11(12,13)14/h2-4,16H,5H2,1H3/i5D2. The van der Waals surface area contributed by atoms with Crippen LogP contribution in [-0.2, 0) is 4.74 Å². The molecule has 19 heavy (non-hydrogen) atoms. The zero-order valence-corrected chi connectivity index (χ0v) is 9.54. The highest BCUT2D eigenvalue weighted by Gasteiger charge is 2.29. The molecule has 0 spiro atoms. The van der Waals surface area contributed by atoms with Gasteiger partial charge in [-0.25, -0.2) is 9.78 Å². The van der Waals surface area contributed by atoms with Gasteiger partial charge in [-0.1, -0.05) is 0 Å². The number of ether oxygens (including phenoxy) is 2. The van der Waals surface area contributed by atoms with Gasteiger partial charge in [0.1, 0.15) is 5.69 Å². The number of pyridine rings is 1. The number of hydrogen-bond donors (Lipinski definition) is 1. The minimum atomic E-state index is -5.22. The number of rotatable bonds is 3. The molecule has 0 fully saturated rings. The molecule has 2 rings (SSSR count). The van der Waals surface area contributed by atoms with E-state index >= 15 is 0 Å². The maximum atomic E-state index is 12.5. The number of nitrogens with one attached hydrogen (secondary N) is 1. The Kier molecular flexibility index (Phi) is 2.68. The number of esters is 1. The number of hydrogen-bond acceptors (Lipinski definition) is 4. The molecule has 2 aromatic heterocycles. The van der Waals surface area contributed by atoms with Crippen molar-refractivity contribution in [3.05, 3.63) is 24.0 Å². The van der Waals surface area contributed by atoms with E-state index in [-0.39, 0.29) is 16.6 Å². The van der Waals surface area contributed by atoms with Crippen LogP contribution < -0.4 is 4.74 Å². The fourth-order valence-electron chi connectivity index (χ4n) is 1.44. The molecule has 0 aliphatic heterocycles. The van der Waals surface area contributed by atoms with E-state index in [1.165, 1.54) is 12.1 Å². The lowest BCUT2D eigenvalue weighted by Crippen LogP contribution is -2.19. The van der Waals surface area contributed by atoms with Gasteiger partial charge in [-0.2, -0.15) is 13.2 Å². The monoisotopic (exact) mass is 276 g/mol. The number of halogens is 3. The van der Waals surface area contributed by atoms with Crippen molar-refractivity contribution in [1.29, 1.82) is 0 Å². The van der Waals surface area contributed by atoms with Gasteiger partial charge < -0.3 is 14.5 Å². The topological polar surface area (TPSA) is 64.2 Å². The van der Waals surface area contributed by atoms with E-state index < -0.39 is 24.6 Å². The molecule has 0 atom stereocenters. The molecule has 0 unspecified atom stereocenters. The van der Waals surface area contributed by atoms with Crippen LogP contribution in [0.1, 0.15) is 13.2 Å². The summed E-state index contributed by atoms with van der Waals surface area (Å²) >= 11 is 0. The lowest BCUT2D eigenvalue weighted by Gasteiger charge is -2.08. The molecule has 0 aliphatic carbocycles. The van der Waals surface area contributed by atoms with E-state index in [1.807, 2.05) is 0 Å². The maximum Gasteiger partial charge on any atom is 0.422 e. The Labute approximate surface area is 108 Å². The molecule has 5 nitrogen and oxygen atoms in total. The summed E-state index contributed by atoms with van der Waals surface area (Å²) in [6.45, 7) is -3.91. The van der Waals surface area contributed by atoms with Crippen LogP contribution >= 0.6 is 0 Å². The number of fused-ring (bicyclic) bond motifs is 1. The largest absolute Gasteiger partial charge is 0.468 e. The number of aromatic nitrogens is 2. The Hall–Kier alpha value is -2.25. The minimum Gasteiger partial charge on any atom is -0.468 e. The van der Waals surface area contributed by atoms with Crippen molar-refractivity contribution in [3.63, 3.8) is 0 Å². The smallest absolute Gasteiger partial charge is 0.422 e. The number of aromatic amines is 1. The Morgan fingerprint density at radius 3 is 2.95 bits per heavy atom. The molecule has 2 aromatic rings. The molecule has 0 saturated heterocycles. The highest BCUT2D eigenvalue weighted by Crippen LogP contribution is 2.26. The van der Waals surface area contributed by atoms with E-state index in [2.05, 4.69) is 19.4 Å². The highest BCUT2D eigenvalue weighted by atomic mass is 19.4. The number of carbonyl (C=O) groups excluding carboxylic acids is 1. The number of alkyl halides is 3. The number of nitrogens with zero attached hydrogens (tertiary/aromatic N) is 1. The second-order valence-electron chi connectivity index (χ2n) is 3.45. The van der Waals surface area contributed by atoms with Crippen LogP contribution in [0.15, 0.2) is 18.3 Å². The molecule has 0 bridgehead atoms. The van der Waals surface area contributed by atoms with Crippen molar-refractivity contribution >= 4 is 16.9 Å². The van der Waals surface area contributed by atoms with Crippen molar-refractivity contribution < 1.29 is 30.2 Å². The minimum absolute atomic E-state index is 0.0158. The lowest BCUT2D eigenvalue weighted by molar-refractivity contribution is -0.153. The normalized spacial score (nSPS) is 13.9. The molecular weight excluding hydrogens is 265 g/mol. The van der Waals surface area contributed by atoms with Crippen LogP contribution in [0.4, 0.5) is 13.2 Å². The van der Waals surface area contributed by atoms with E-state index in [0.717, 1.165) is 13.3 Å². The molecule has 1 N–H and O–H groups in total. The Balaban J connectivity index is 2.46. The molecule has 2 heterocycles. The molecule has 102 valence electrons. The van der Waals surface area contributed by atoms with Crippen LogP contribution in [-0.4, -0.2) is 35.8 Å². The third kappa shape index (κ3) is 2.95. The summed E-state index contributed by atoms with van der Waals surface area (Å²) in [6, 6.07) is 2.58. The van der Waals surface area contributed by atoms with Gasteiger partial charge in [0.05, 0.1) is 20.8 Å². The van der Waals surface area contributed by atoms with Gasteiger partial charge in [-0.3, -0.25) is 0 Å². The average molecular weight is 276 g/mol. The predicted octanol–water partition coefficient (Wildman–Crippen LogP) is 2.29. The Bertz CT molecular complexity index is 685. The molecular formula is C11H9F3N2O3. The molecule has 0 saturated carbocycles. The van der Waals surface area contributed by atoms with Crippen molar-refractivity contribution in [2.24, 2.45) is 0 Å². The summed E-state index contributed by atoms with van der Waals surface area (Å²) < 4.78 is 60.1. The zero-order valence-electron chi connectivity index (χ0n) is 11.5. The van der Waals surface area contributed by atoms with Crippen molar-refractivity contribution in [3.8, 4) is 5.88 Å². The SMILES string of the molecule is [2H]C([2H])(Oc1nccc2[nH]c(C(=O)OC)cc12)C(F)(F)F. The number of H-pyrrole nitrogens is 1. The van der Waals surface area contributed by atoms with Crippen LogP contribution in [0.5, 0.6) is 5.88 Å². The molecule has 0 amide bonds. The summed E-state index contributed by atoms with van der Waals surface area (Å²) in [4.78, 5) is 17.6. The highest BCUT2D eigenvalue weighted by molar-refractivity contribution is 5.96. The summed E-state index contributed by atoms with van der Waals surface area (Å²) in [5.41, 5.74) is 0.247. The quantitative estimate of drug-likeness (QED) is 0.873.